The Bertz CT molecular complexity index is 614. The van der Waals surface area contributed by atoms with E-state index in [1.54, 1.807) is 6.08 Å². The summed E-state index contributed by atoms with van der Waals surface area (Å²) in [5, 5.41) is 0. The number of benzene rings is 2. The summed E-state index contributed by atoms with van der Waals surface area (Å²) in [4.78, 5) is 11.0. The molecule has 0 saturated carbocycles. The van der Waals surface area contributed by atoms with Gasteiger partial charge in [0.1, 0.15) is 18.5 Å². The van der Waals surface area contributed by atoms with Crippen LogP contribution in [0.25, 0.3) is 0 Å². The van der Waals surface area contributed by atoms with Crippen LogP contribution in [0.15, 0.2) is 66.7 Å². The van der Waals surface area contributed by atoms with Gasteiger partial charge in [-0.15, -0.1) is 0 Å². The Morgan fingerprint density at radius 1 is 1.00 bits per heavy atom. The molecule has 20 heavy (non-hydrogen) atoms. The molecule has 1 aliphatic heterocycles. The van der Waals surface area contributed by atoms with Crippen molar-refractivity contribution in [1.29, 1.82) is 0 Å². The minimum Gasteiger partial charge on any atom is -0.489 e. The molecule has 0 bridgehead atoms. The van der Waals surface area contributed by atoms with E-state index in [0.717, 1.165) is 16.9 Å². The van der Waals surface area contributed by atoms with Gasteiger partial charge in [-0.3, -0.25) is 0 Å². The lowest BCUT2D eigenvalue weighted by Crippen LogP contribution is -2.00. The number of hydrogen-bond donors (Lipinski definition) is 0. The van der Waals surface area contributed by atoms with Gasteiger partial charge in [0, 0.05) is 6.08 Å². The highest BCUT2D eigenvalue weighted by Crippen LogP contribution is 2.25. The molecule has 0 N–H and O–H groups in total. The van der Waals surface area contributed by atoms with Crippen molar-refractivity contribution in [1.82, 2.24) is 0 Å². The molecule has 0 amide bonds. The third-order valence-electron chi connectivity index (χ3n) is 3.11. The monoisotopic (exact) mass is 266 g/mol. The molecular weight excluding hydrogens is 252 g/mol. The highest BCUT2D eigenvalue weighted by atomic mass is 16.5. The fourth-order valence-corrected chi connectivity index (χ4v) is 2.04. The van der Waals surface area contributed by atoms with Crippen molar-refractivity contribution in [2.24, 2.45) is 0 Å². The molecule has 100 valence electrons. The van der Waals surface area contributed by atoms with Gasteiger partial charge in [0.15, 0.2) is 0 Å². The Morgan fingerprint density at radius 2 is 1.75 bits per heavy atom. The molecular formula is C17H14O3. The Balaban J connectivity index is 1.62. The van der Waals surface area contributed by atoms with Crippen molar-refractivity contribution in [2.45, 2.75) is 12.7 Å². The fourth-order valence-electron chi connectivity index (χ4n) is 2.04. The molecule has 1 atom stereocenters. The van der Waals surface area contributed by atoms with E-state index in [-0.39, 0.29) is 12.1 Å². The van der Waals surface area contributed by atoms with E-state index in [2.05, 4.69) is 0 Å². The van der Waals surface area contributed by atoms with Crippen molar-refractivity contribution >= 4 is 5.97 Å². The molecule has 0 saturated heterocycles. The molecule has 2 aromatic carbocycles. The fraction of sp³-hybridized carbons (Fsp3) is 0.118. The zero-order chi connectivity index (χ0) is 13.8. The molecule has 0 aromatic heterocycles. The normalized spacial score (nSPS) is 17.0. The first-order valence-electron chi connectivity index (χ1n) is 6.47. The summed E-state index contributed by atoms with van der Waals surface area (Å²) in [7, 11) is 0. The van der Waals surface area contributed by atoms with Crippen LogP contribution in [0.3, 0.4) is 0 Å². The van der Waals surface area contributed by atoms with Gasteiger partial charge in [-0.25, -0.2) is 4.79 Å². The molecule has 0 aliphatic carbocycles. The van der Waals surface area contributed by atoms with Crippen LogP contribution in [0.1, 0.15) is 17.2 Å². The predicted octanol–water partition coefficient (Wildman–Crippen LogP) is 3.42. The number of ether oxygens (including phenoxy) is 2. The summed E-state index contributed by atoms with van der Waals surface area (Å²) in [5.41, 5.74) is 2.07. The Hall–Kier alpha value is -2.55. The van der Waals surface area contributed by atoms with Crippen LogP contribution in [0.4, 0.5) is 0 Å². The van der Waals surface area contributed by atoms with Crippen molar-refractivity contribution < 1.29 is 14.3 Å². The predicted molar refractivity (Wildman–Crippen MR) is 75.2 cm³/mol. The van der Waals surface area contributed by atoms with Gasteiger partial charge in [0.25, 0.3) is 0 Å². The van der Waals surface area contributed by atoms with Crippen molar-refractivity contribution in [3.05, 3.63) is 77.9 Å². The maximum absolute atomic E-state index is 11.0. The van der Waals surface area contributed by atoms with Crippen molar-refractivity contribution in [3.8, 4) is 5.75 Å². The summed E-state index contributed by atoms with van der Waals surface area (Å²) >= 11 is 0. The second kappa shape index (κ2) is 5.61. The number of carbonyl (C=O) groups excluding carboxylic acids is 1. The molecule has 1 heterocycles. The Labute approximate surface area is 117 Å². The first kappa shape index (κ1) is 12.5. The van der Waals surface area contributed by atoms with Crippen LogP contribution in [-0.4, -0.2) is 5.97 Å². The van der Waals surface area contributed by atoms with Crippen molar-refractivity contribution in [2.75, 3.05) is 0 Å². The third kappa shape index (κ3) is 2.88. The molecule has 3 nitrogen and oxygen atoms in total. The number of esters is 1. The minimum atomic E-state index is -0.292. The van der Waals surface area contributed by atoms with Crippen molar-refractivity contribution in [3.63, 3.8) is 0 Å². The third-order valence-corrected chi connectivity index (χ3v) is 3.11. The van der Waals surface area contributed by atoms with Gasteiger partial charge in [-0.1, -0.05) is 42.5 Å². The van der Waals surface area contributed by atoms with E-state index < -0.39 is 0 Å². The van der Waals surface area contributed by atoms with Crippen LogP contribution in [0.5, 0.6) is 5.75 Å². The highest BCUT2D eigenvalue weighted by molar-refractivity contribution is 5.84. The number of hydrogen-bond acceptors (Lipinski definition) is 3. The zero-order valence-corrected chi connectivity index (χ0v) is 10.9. The summed E-state index contributed by atoms with van der Waals surface area (Å²) in [6.07, 6.45) is 2.93. The number of cyclic esters (lactones) is 1. The van der Waals surface area contributed by atoms with Crippen LogP contribution in [-0.2, 0) is 16.1 Å². The quantitative estimate of drug-likeness (QED) is 0.795. The van der Waals surface area contributed by atoms with Gasteiger partial charge in [-0.2, -0.15) is 0 Å². The van der Waals surface area contributed by atoms with Crippen LogP contribution in [0, 0.1) is 0 Å². The van der Waals surface area contributed by atoms with Crippen LogP contribution in [0.2, 0.25) is 0 Å². The maximum Gasteiger partial charge on any atom is 0.331 e. The standard InChI is InChI=1S/C17H14O3/c18-17-11-10-16(20-17)14-6-8-15(9-7-14)19-12-13-4-2-1-3-5-13/h1-11,16H,12H2. The van der Waals surface area contributed by atoms with E-state index in [0.29, 0.717) is 6.61 Å². The lowest BCUT2D eigenvalue weighted by Gasteiger charge is -2.10. The smallest absolute Gasteiger partial charge is 0.331 e. The van der Waals surface area contributed by atoms with Gasteiger partial charge in [0.2, 0.25) is 0 Å². The lowest BCUT2D eigenvalue weighted by molar-refractivity contribution is -0.138. The molecule has 1 aliphatic rings. The summed E-state index contributed by atoms with van der Waals surface area (Å²) in [6, 6.07) is 17.6. The summed E-state index contributed by atoms with van der Waals surface area (Å²) in [5.74, 6) is 0.505. The summed E-state index contributed by atoms with van der Waals surface area (Å²) < 4.78 is 10.8. The van der Waals surface area contributed by atoms with Gasteiger partial charge >= 0.3 is 5.97 Å². The largest absolute Gasteiger partial charge is 0.489 e. The van der Waals surface area contributed by atoms with E-state index in [1.165, 1.54) is 6.08 Å². The molecule has 3 rings (SSSR count). The molecule has 3 heteroatoms. The average Bonchev–Trinajstić information content (AvgIpc) is 2.93. The first-order valence-corrected chi connectivity index (χ1v) is 6.47. The minimum absolute atomic E-state index is 0.273. The van der Waals surface area contributed by atoms with E-state index in [1.807, 2.05) is 54.6 Å². The van der Waals surface area contributed by atoms with E-state index in [4.69, 9.17) is 9.47 Å². The topological polar surface area (TPSA) is 35.5 Å². The van der Waals surface area contributed by atoms with E-state index in [9.17, 15) is 4.79 Å². The first-order chi connectivity index (χ1) is 9.81. The SMILES string of the molecule is O=C1C=CC(c2ccc(OCc3ccccc3)cc2)O1. The average molecular weight is 266 g/mol. The highest BCUT2D eigenvalue weighted by Gasteiger charge is 2.18. The second-order valence-corrected chi connectivity index (χ2v) is 4.56. The van der Waals surface area contributed by atoms with Gasteiger partial charge < -0.3 is 9.47 Å². The number of carbonyl (C=O) groups is 1. The summed E-state index contributed by atoms with van der Waals surface area (Å²) in [6.45, 7) is 0.540. The lowest BCUT2D eigenvalue weighted by atomic mass is 10.1. The maximum atomic E-state index is 11.0. The molecule has 2 aromatic rings. The Kier molecular flexibility index (Phi) is 3.50. The molecule has 0 spiro atoms. The van der Waals surface area contributed by atoms with Gasteiger partial charge in [0.05, 0.1) is 0 Å². The number of rotatable bonds is 4. The van der Waals surface area contributed by atoms with Crippen LogP contribution < -0.4 is 4.74 Å². The molecule has 0 fully saturated rings. The van der Waals surface area contributed by atoms with Crippen LogP contribution >= 0.6 is 0 Å². The van der Waals surface area contributed by atoms with Gasteiger partial charge in [-0.05, 0) is 29.3 Å². The van der Waals surface area contributed by atoms with E-state index >= 15 is 0 Å². The second-order valence-electron chi connectivity index (χ2n) is 4.56. The Morgan fingerprint density at radius 3 is 2.40 bits per heavy atom. The zero-order valence-electron chi connectivity index (χ0n) is 10.9. The molecule has 1 unspecified atom stereocenters. The molecule has 0 radical (unpaired) electrons.